The second-order valence-corrected chi connectivity index (χ2v) is 10.7. The van der Waals surface area contributed by atoms with Crippen LogP contribution < -0.4 is 0 Å². The first-order valence-corrected chi connectivity index (χ1v) is 12.4. The highest BCUT2D eigenvalue weighted by atomic mass is 35.5. The summed E-state index contributed by atoms with van der Waals surface area (Å²) in [6, 6.07) is 15.8. The van der Waals surface area contributed by atoms with E-state index in [9.17, 15) is 18.5 Å². The largest absolute Gasteiger partial charge is 0.460 e. The van der Waals surface area contributed by atoms with Crippen molar-refractivity contribution >= 4 is 49.0 Å². The highest BCUT2D eigenvalue weighted by molar-refractivity contribution is 7.89. The smallest absolute Gasteiger partial charge is 0.309 e. The summed E-state index contributed by atoms with van der Waals surface area (Å²) in [5.74, 6) is -0.714. The lowest BCUT2D eigenvalue weighted by Crippen LogP contribution is -2.40. The van der Waals surface area contributed by atoms with E-state index in [1.54, 1.807) is 12.1 Å². The molecule has 0 amide bonds. The van der Waals surface area contributed by atoms with Crippen LogP contribution in [0.3, 0.4) is 0 Å². The summed E-state index contributed by atoms with van der Waals surface area (Å²) in [4.78, 5) is 13.3. The lowest BCUT2D eigenvalue weighted by atomic mass is 9.98. The topological polar surface area (TPSA) is 87.5 Å². The van der Waals surface area contributed by atoms with Gasteiger partial charge in [-0.3, -0.25) is 4.79 Å². The van der Waals surface area contributed by atoms with Crippen LogP contribution in [-0.4, -0.2) is 31.8 Å². The molecule has 2 heterocycles. The van der Waals surface area contributed by atoms with Crippen LogP contribution in [0.5, 0.6) is 0 Å². The monoisotopic (exact) mass is 474 g/mol. The molecule has 0 atom stereocenters. The maximum absolute atomic E-state index is 12.9. The van der Waals surface area contributed by atoms with Crippen LogP contribution in [0.2, 0.25) is 5.02 Å². The molecule has 1 aliphatic heterocycles. The van der Waals surface area contributed by atoms with E-state index in [0.29, 0.717) is 17.9 Å². The molecule has 0 bridgehead atoms. The molecule has 0 saturated carbocycles. The Morgan fingerprint density at radius 1 is 1.16 bits per heavy atom. The molecule has 0 spiro atoms. The van der Waals surface area contributed by atoms with Crippen LogP contribution in [0.1, 0.15) is 23.3 Å². The second-order valence-electron chi connectivity index (χ2n) is 7.23. The standard InChI is InChI=1S/C22H19ClN2O4S2/c23-21-17-6-2-3-7-18(17)30-19(21)14-29-22(26)15-9-11-25(12-10-15)31(27,28)20-8-4-1-5-16(20)13-24/h1-8,15H,9-12,14H2. The number of carbonyl (C=O) groups is 1. The molecule has 3 aromatic rings. The number of esters is 1. The van der Waals surface area contributed by atoms with Crippen LogP contribution in [-0.2, 0) is 26.2 Å². The lowest BCUT2D eigenvalue weighted by Gasteiger charge is -2.30. The first-order valence-electron chi connectivity index (χ1n) is 9.73. The lowest BCUT2D eigenvalue weighted by molar-refractivity contribution is -0.151. The van der Waals surface area contributed by atoms with E-state index < -0.39 is 10.0 Å². The van der Waals surface area contributed by atoms with Gasteiger partial charge < -0.3 is 4.74 Å². The molecule has 0 N–H and O–H groups in total. The van der Waals surface area contributed by atoms with E-state index in [0.717, 1.165) is 15.0 Å². The van der Waals surface area contributed by atoms with Gasteiger partial charge in [-0.05, 0) is 31.0 Å². The Morgan fingerprint density at radius 3 is 2.55 bits per heavy atom. The molecule has 4 rings (SSSR count). The molecule has 1 saturated heterocycles. The average Bonchev–Trinajstić information content (AvgIpc) is 3.13. The molecule has 1 fully saturated rings. The van der Waals surface area contributed by atoms with Gasteiger partial charge >= 0.3 is 5.97 Å². The predicted molar refractivity (Wildman–Crippen MR) is 119 cm³/mol. The molecule has 160 valence electrons. The van der Waals surface area contributed by atoms with Gasteiger partial charge in [0.1, 0.15) is 12.7 Å². The van der Waals surface area contributed by atoms with Gasteiger partial charge in [-0.15, -0.1) is 11.3 Å². The van der Waals surface area contributed by atoms with Crippen molar-refractivity contribution < 1.29 is 17.9 Å². The number of carbonyl (C=O) groups excluding carboxylic acids is 1. The maximum Gasteiger partial charge on any atom is 0.309 e. The van der Waals surface area contributed by atoms with Crippen molar-refractivity contribution in [3.05, 3.63) is 64.0 Å². The highest BCUT2D eigenvalue weighted by Gasteiger charge is 2.34. The molecule has 2 aromatic carbocycles. The molecule has 1 aliphatic rings. The van der Waals surface area contributed by atoms with Gasteiger partial charge in [-0.1, -0.05) is 41.9 Å². The Labute approximate surface area is 189 Å². The van der Waals surface area contributed by atoms with E-state index in [2.05, 4.69) is 0 Å². The molecule has 31 heavy (non-hydrogen) atoms. The summed E-state index contributed by atoms with van der Waals surface area (Å²) in [7, 11) is -3.79. The zero-order valence-corrected chi connectivity index (χ0v) is 18.8. The third-order valence-electron chi connectivity index (χ3n) is 5.36. The Hall–Kier alpha value is -2.44. The molecule has 0 aliphatic carbocycles. The van der Waals surface area contributed by atoms with Gasteiger partial charge in [0.05, 0.1) is 26.3 Å². The van der Waals surface area contributed by atoms with Crippen molar-refractivity contribution in [2.45, 2.75) is 24.3 Å². The van der Waals surface area contributed by atoms with Gasteiger partial charge in [0.15, 0.2) is 0 Å². The Morgan fingerprint density at radius 2 is 1.84 bits per heavy atom. The third kappa shape index (κ3) is 4.32. The first-order chi connectivity index (χ1) is 14.9. The summed E-state index contributed by atoms with van der Waals surface area (Å²) in [5, 5.41) is 10.8. The Bertz CT molecular complexity index is 1270. The number of nitrogens with zero attached hydrogens (tertiary/aromatic N) is 2. The number of ether oxygens (including phenoxy) is 1. The SMILES string of the molecule is N#Cc1ccccc1S(=O)(=O)N1CCC(C(=O)OCc2sc3ccccc3c2Cl)CC1. The van der Waals surface area contributed by atoms with Crippen molar-refractivity contribution in [1.29, 1.82) is 5.26 Å². The number of rotatable bonds is 5. The molecule has 9 heteroatoms. The Balaban J connectivity index is 1.37. The predicted octanol–water partition coefficient (Wildman–Crippen LogP) is 4.57. The van der Waals surface area contributed by atoms with Crippen LogP contribution in [0.4, 0.5) is 0 Å². The number of benzene rings is 2. The van der Waals surface area contributed by atoms with Crippen molar-refractivity contribution in [3.63, 3.8) is 0 Å². The minimum atomic E-state index is -3.79. The summed E-state index contributed by atoms with van der Waals surface area (Å²) in [6.07, 6.45) is 0.736. The molecular weight excluding hydrogens is 456 g/mol. The summed E-state index contributed by atoms with van der Waals surface area (Å²) >= 11 is 7.90. The number of hydrogen-bond donors (Lipinski definition) is 0. The molecule has 0 radical (unpaired) electrons. The van der Waals surface area contributed by atoms with Crippen molar-refractivity contribution in [2.24, 2.45) is 5.92 Å². The molecule has 6 nitrogen and oxygen atoms in total. The fourth-order valence-electron chi connectivity index (χ4n) is 3.67. The summed E-state index contributed by atoms with van der Waals surface area (Å²) in [5.41, 5.74) is 0.115. The number of thiophene rings is 1. The van der Waals surface area contributed by atoms with E-state index in [-0.39, 0.29) is 42.0 Å². The summed E-state index contributed by atoms with van der Waals surface area (Å²) in [6.45, 7) is 0.502. The number of piperidine rings is 1. The van der Waals surface area contributed by atoms with Gasteiger partial charge in [-0.25, -0.2) is 8.42 Å². The van der Waals surface area contributed by atoms with Gasteiger partial charge in [0.25, 0.3) is 0 Å². The van der Waals surface area contributed by atoms with Crippen LogP contribution in [0, 0.1) is 17.2 Å². The fourth-order valence-corrected chi connectivity index (χ4v) is 6.68. The number of fused-ring (bicyclic) bond motifs is 1. The third-order valence-corrected chi connectivity index (χ3v) is 9.00. The fraction of sp³-hybridized carbons (Fsp3) is 0.273. The number of nitriles is 1. The van der Waals surface area contributed by atoms with E-state index in [1.807, 2.05) is 30.3 Å². The van der Waals surface area contributed by atoms with Crippen molar-refractivity contribution in [2.75, 3.05) is 13.1 Å². The second kappa shape index (κ2) is 8.97. The van der Waals surface area contributed by atoms with Crippen LogP contribution in [0.15, 0.2) is 53.4 Å². The molecule has 0 unspecified atom stereocenters. The summed E-state index contributed by atoms with van der Waals surface area (Å²) < 4.78 is 33.7. The van der Waals surface area contributed by atoms with Gasteiger partial charge in [0, 0.05) is 23.2 Å². The number of sulfonamides is 1. The van der Waals surface area contributed by atoms with Gasteiger partial charge in [0.2, 0.25) is 10.0 Å². The van der Waals surface area contributed by atoms with Crippen LogP contribution in [0.25, 0.3) is 10.1 Å². The van der Waals surface area contributed by atoms with Crippen molar-refractivity contribution in [3.8, 4) is 6.07 Å². The minimum absolute atomic E-state index is 0.00192. The van der Waals surface area contributed by atoms with Crippen LogP contribution >= 0.6 is 22.9 Å². The first kappa shape index (κ1) is 21.8. The quantitative estimate of drug-likeness (QED) is 0.505. The van der Waals surface area contributed by atoms with E-state index in [1.165, 1.54) is 27.8 Å². The maximum atomic E-state index is 12.9. The highest BCUT2D eigenvalue weighted by Crippen LogP contribution is 2.36. The van der Waals surface area contributed by atoms with E-state index in [4.69, 9.17) is 16.3 Å². The minimum Gasteiger partial charge on any atom is -0.460 e. The Kier molecular flexibility index (Phi) is 6.30. The van der Waals surface area contributed by atoms with Gasteiger partial charge in [-0.2, -0.15) is 9.57 Å². The zero-order valence-electron chi connectivity index (χ0n) is 16.5. The average molecular weight is 475 g/mol. The molecular formula is C22H19ClN2O4S2. The van der Waals surface area contributed by atoms with Crippen molar-refractivity contribution in [1.82, 2.24) is 4.31 Å². The normalized spacial score (nSPS) is 15.6. The number of hydrogen-bond acceptors (Lipinski definition) is 6. The zero-order chi connectivity index (χ0) is 22.0. The number of halogens is 1. The molecule has 1 aromatic heterocycles. The van der Waals surface area contributed by atoms with E-state index >= 15 is 0 Å².